The standard InChI is InChI=1S/C23H23N2/c1-17-9-8-14-22(19(17)3)24-15-20-11-7-10-18(2)23(20)25(16-24)21-12-5-4-6-13-21/h4-15H,16H2,1-3H3/q+1. The molecule has 3 aromatic carbocycles. The number of anilines is 2. The first-order valence-corrected chi connectivity index (χ1v) is 8.75. The first-order chi connectivity index (χ1) is 12.1. The third-order valence-electron chi connectivity index (χ3n) is 5.08. The van der Waals surface area contributed by atoms with Gasteiger partial charge in [0.2, 0.25) is 12.4 Å². The highest BCUT2D eigenvalue weighted by atomic mass is 15.3. The third kappa shape index (κ3) is 2.74. The molecule has 0 aromatic heterocycles. The highest BCUT2D eigenvalue weighted by Gasteiger charge is 2.27. The maximum Gasteiger partial charge on any atom is 0.228 e. The maximum absolute atomic E-state index is 2.41. The minimum absolute atomic E-state index is 0.812. The fraction of sp³-hybridized carbons (Fsp3) is 0.174. The van der Waals surface area contributed by atoms with Gasteiger partial charge in [-0.2, -0.15) is 4.58 Å². The van der Waals surface area contributed by atoms with E-state index in [1.807, 2.05) is 0 Å². The van der Waals surface area contributed by atoms with Gasteiger partial charge in [0.1, 0.15) is 0 Å². The van der Waals surface area contributed by atoms with Gasteiger partial charge in [-0.3, -0.25) is 4.90 Å². The van der Waals surface area contributed by atoms with Gasteiger partial charge in [0.15, 0.2) is 6.21 Å². The van der Waals surface area contributed by atoms with Crippen LogP contribution in [0.15, 0.2) is 66.7 Å². The number of hydrogen-bond donors (Lipinski definition) is 0. The average molecular weight is 327 g/mol. The van der Waals surface area contributed by atoms with Gasteiger partial charge >= 0.3 is 0 Å². The Morgan fingerprint density at radius 2 is 1.48 bits per heavy atom. The van der Waals surface area contributed by atoms with Crippen molar-refractivity contribution in [1.82, 2.24) is 0 Å². The monoisotopic (exact) mass is 327 g/mol. The summed E-state index contributed by atoms with van der Waals surface area (Å²) in [6, 6.07) is 23.7. The number of rotatable bonds is 2. The van der Waals surface area contributed by atoms with Gasteiger partial charge in [0, 0.05) is 17.3 Å². The van der Waals surface area contributed by atoms with Crippen LogP contribution in [0.3, 0.4) is 0 Å². The lowest BCUT2D eigenvalue weighted by molar-refractivity contribution is -0.434. The largest absolute Gasteiger partial charge is 0.285 e. The Bertz CT molecular complexity index is 955. The topological polar surface area (TPSA) is 6.25 Å². The van der Waals surface area contributed by atoms with Crippen LogP contribution in [-0.4, -0.2) is 17.5 Å². The molecule has 2 heteroatoms. The van der Waals surface area contributed by atoms with Gasteiger partial charge in [-0.25, -0.2) is 0 Å². The van der Waals surface area contributed by atoms with E-state index in [9.17, 15) is 0 Å². The predicted octanol–water partition coefficient (Wildman–Crippen LogP) is 5.48. The highest BCUT2D eigenvalue weighted by molar-refractivity contribution is 5.90. The normalized spacial score (nSPS) is 13.4. The van der Waals surface area contributed by atoms with E-state index < -0.39 is 0 Å². The van der Waals surface area contributed by atoms with Crippen molar-refractivity contribution in [2.24, 2.45) is 0 Å². The van der Waals surface area contributed by atoms with Crippen molar-refractivity contribution in [3.05, 3.63) is 89.0 Å². The first-order valence-electron chi connectivity index (χ1n) is 8.75. The van der Waals surface area contributed by atoms with Gasteiger partial charge in [-0.05, 0) is 50.1 Å². The van der Waals surface area contributed by atoms with Crippen LogP contribution >= 0.6 is 0 Å². The lowest BCUT2D eigenvalue weighted by atomic mass is 10.0. The number of fused-ring (bicyclic) bond motifs is 1. The van der Waals surface area contributed by atoms with Crippen molar-refractivity contribution in [2.45, 2.75) is 20.8 Å². The van der Waals surface area contributed by atoms with E-state index in [-0.39, 0.29) is 0 Å². The number of para-hydroxylation sites is 2. The summed E-state index contributed by atoms with van der Waals surface area (Å²) in [5.74, 6) is 0. The molecule has 1 heterocycles. The zero-order chi connectivity index (χ0) is 17.4. The van der Waals surface area contributed by atoms with Crippen LogP contribution in [0, 0.1) is 20.8 Å². The fourth-order valence-corrected chi connectivity index (χ4v) is 3.60. The maximum atomic E-state index is 2.41. The molecule has 0 spiro atoms. The van der Waals surface area contributed by atoms with Crippen LogP contribution in [0.2, 0.25) is 0 Å². The zero-order valence-corrected chi connectivity index (χ0v) is 15.0. The molecule has 0 fully saturated rings. The summed E-state index contributed by atoms with van der Waals surface area (Å²) in [6.45, 7) is 7.38. The van der Waals surface area contributed by atoms with Crippen molar-refractivity contribution in [3.63, 3.8) is 0 Å². The minimum Gasteiger partial charge on any atom is -0.285 e. The molecule has 2 nitrogen and oxygen atoms in total. The van der Waals surface area contributed by atoms with Crippen molar-refractivity contribution in [2.75, 3.05) is 11.6 Å². The van der Waals surface area contributed by atoms with E-state index in [1.165, 1.54) is 39.3 Å². The number of nitrogens with zero attached hydrogens (tertiary/aromatic N) is 2. The SMILES string of the molecule is Cc1cccc([N+]2=Cc3cccc(C)c3N(c3ccccc3)C2)c1C. The quantitative estimate of drug-likeness (QED) is 0.565. The van der Waals surface area contributed by atoms with Gasteiger partial charge in [-0.1, -0.05) is 42.5 Å². The van der Waals surface area contributed by atoms with E-state index in [1.54, 1.807) is 0 Å². The van der Waals surface area contributed by atoms with E-state index in [4.69, 9.17) is 0 Å². The molecular weight excluding hydrogens is 304 g/mol. The molecule has 1 aliphatic rings. The van der Waals surface area contributed by atoms with Crippen LogP contribution in [0.1, 0.15) is 22.3 Å². The molecule has 0 atom stereocenters. The Morgan fingerprint density at radius 1 is 0.760 bits per heavy atom. The van der Waals surface area contributed by atoms with Crippen LogP contribution in [-0.2, 0) is 0 Å². The zero-order valence-electron chi connectivity index (χ0n) is 15.0. The summed E-state index contributed by atoms with van der Waals surface area (Å²) in [5, 5.41) is 0. The molecule has 0 unspecified atom stereocenters. The molecule has 3 aromatic rings. The van der Waals surface area contributed by atoms with Gasteiger partial charge in [-0.15, -0.1) is 0 Å². The molecule has 4 rings (SSSR count). The van der Waals surface area contributed by atoms with Gasteiger partial charge in [0.05, 0.1) is 11.3 Å². The van der Waals surface area contributed by atoms with E-state index in [2.05, 4.69) is 103 Å². The number of hydrogen-bond acceptors (Lipinski definition) is 1. The second-order valence-corrected chi connectivity index (χ2v) is 6.74. The summed E-state index contributed by atoms with van der Waals surface area (Å²) < 4.78 is 2.36. The summed E-state index contributed by atoms with van der Waals surface area (Å²) in [4.78, 5) is 2.41. The second kappa shape index (κ2) is 6.21. The van der Waals surface area contributed by atoms with Crippen LogP contribution in [0.5, 0.6) is 0 Å². The van der Waals surface area contributed by atoms with Crippen LogP contribution in [0.4, 0.5) is 17.1 Å². The molecule has 124 valence electrons. The lowest BCUT2D eigenvalue weighted by Gasteiger charge is -2.29. The summed E-state index contributed by atoms with van der Waals surface area (Å²) in [7, 11) is 0. The molecule has 0 saturated heterocycles. The molecule has 0 aliphatic carbocycles. The number of benzene rings is 3. The van der Waals surface area contributed by atoms with Crippen LogP contribution < -0.4 is 4.90 Å². The van der Waals surface area contributed by atoms with Gasteiger partial charge < -0.3 is 0 Å². The highest BCUT2D eigenvalue weighted by Crippen LogP contribution is 2.35. The Labute approximate surface area is 149 Å². The van der Waals surface area contributed by atoms with E-state index >= 15 is 0 Å². The number of aryl methyl sites for hydroxylation is 2. The summed E-state index contributed by atoms with van der Waals surface area (Å²) >= 11 is 0. The lowest BCUT2D eigenvalue weighted by Crippen LogP contribution is -2.32. The van der Waals surface area contributed by atoms with Crippen molar-refractivity contribution in [1.29, 1.82) is 0 Å². The predicted molar refractivity (Wildman–Crippen MR) is 106 cm³/mol. The average Bonchev–Trinajstić information content (AvgIpc) is 2.64. The molecule has 0 saturated carbocycles. The summed E-state index contributed by atoms with van der Waals surface area (Å²) in [5.41, 5.74) is 9.02. The van der Waals surface area contributed by atoms with Gasteiger partial charge in [0.25, 0.3) is 0 Å². The first kappa shape index (κ1) is 15.6. The minimum atomic E-state index is 0.812. The smallest absolute Gasteiger partial charge is 0.228 e. The van der Waals surface area contributed by atoms with E-state index in [0.717, 1.165) is 6.67 Å². The van der Waals surface area contributed by atoms with Crippen molar-refractivity contribution in [3.8, 4) is 0 Å². The molecule has 0 bridgehead atoms. The summed E-state index contributed by atoms with van der Waals surface area (Å²) in [6.07, 6.45) is 2.28. The van der Waals surface area contributed by atoms with Crippen molar-refractivity contribution < 1.29 is 4.58 Å². The molecule has 0 N–H and O–H groups in total. The van der Waals surface area contributed by atoms with E-state index in [0.29, 0.717) is 0 Å². The fourth-order valence-electron chi connectivity index (χ4n) is 3.60. The molecule has 0 radical (unpaired) electrons. The second-order valence-electron chi connectivity index (χ2n) is 6.74. The molecule has 25 heavy (non-hydrogen) atoms. The van der Waals surface area contributed by atoms with Crippen molar-refractivity contribution >= 4 is 23.3 Å². The third-order valence-corrected chi connectivity index (χ3v) is 5.08. The Balaban J connectivity index is 1.90. The Hall–Kier alpha value is -2.87. The Kier molecular flexibility index (Phi) is 3.89. The molecule has 1 aliphatic heterocycles. The van der Waals surface area contributed by atoms with Crippen LogP contribution in [0.25, 0.3) is 0 Å². The molecular formula is C23H23N2+. The Morgan fingerprint density at radius 3 is 2.28 bits per heavy atom. The molecule has 0 amide bonds.